The minimum absolute atomic E-state index is 0.0161. The fourth-order valence-corrected chi connectivity index (χ4v) is 5.79. The first-order valence-electron chi connectivity index (χ1n) is 13.9. The summed E-state index contributed by atoms with van der Waals surface area (Å²) in [6.45, 7) is 4.82. The van der Waals surface area contributed by atoms with E-state index in [4.69, 9.17) is 14.6 Å². The highest BCUT2D eigenvalue weighted by Crippen LogP contribution is 2.43. The van der Waals surface area contributed by atoms with E-state index in [1.807, 2.05) is 7.05 Å². The fraction of sp³-hybridized carbons (Fsp3) is 0.367. The quantitative estimate of drug-likeness (QED) is 0.251. The number of likely N-dealkylation sites (tertiary alicyclic amines) is 1. The molecular weight excluding hydrogens is 595 g/mol. The maximum absolute atomic E-state index is 13.6. The molecule has 5 rings (SSSR count). The van der Waals surface area contributed by atoms with Gasteiger partial charge >= 0.3 is 17.8 Å². The molecule has 12 nitrogen and oxygen atoms in total. The van der Waals surface area contributed by atoms with Crippen LogP contribution in [0.2, 0.25) is 0 Å². The van der Waals surface area contributed by atoms with E-state index in [-0.39, 0.29) is 29.4 Å². The molecule has 238 valence electrons. The third-order valence-electron chi connectivity index (χ3n) is 7.77. The Morgan fingerprint density at radius 1 is 1.27 bits per heavy atom. The van der Waals surface area contributed by atoms with Crippen molar-refractivity contribution in [1.29, 1.82) is 5.26 Å². The van der Waals surface area contributed by atoms with Crippen molar-refractivity contribution in [2.24, 2.45) is 5.92 Å². The number of aromatic amines is 1. The predicted octanol–water partition coefficient (Wildman–Crippen LogP) is 3.04. The maximum atomic E-state index is 13.6. The van der Waals surface area contributed by atoms with Gasteiger partial charge in [-0.3, -0.25) is 9.69 Å². The SMILES string of the molecule is CNCC1CN(CCc2cc(C#N)ccc2C2C(C(=O)OC)=C(C)N(c3cccc(C(F)(F)F)c3)c3n[nH]c(=O)n32)C1.O=CO. The predicted molar refractivity (Wildman–Crippen MR) is 157 cm³/mol. The lowest BCUT2D eigenvalue weighted by atomic mass is 9.88. The number of hydrogen-bond acceptors (Lipinski definition) is 9. The van der Waals surface area contributed by atoms with Crippen LogP contribution in [0.15, 0.2) is 58.5 Å². The number of fused-ring (bicyclic) bond motifs is 1. The van der Waals surface area contributed by atoms with Crippen molar-refractivity contribution >= 4 is 24.1 Å². The number of nitrogens with one attached hydrogen (secondary N) is 2. The Labute approximate surface area is 256 Å². The maximum Gasteiger partial charge on any atom is 0.416 e. The van der Waals surface area contributed by atoms with Crippen molar-refractivity contribution in [3.63, 3.8) is 0 Å². The topological polar surface area (TPSA) is 157 Å². The fourth-order valence-electron chi connectivity index (χ4n) is 5.79. The van der Waals surface area contributed by atoms with Crippen LogP contribution in [-0.4, -0.2) is 77.5 Å². The normalized spacial score (nSPS) is 16.6. The van der Waals surface area contributed by atoms with Gasteiger partial charge in [0.1, 0.15) is 6.04 Å². The van der Waals surface area contributed by atoms with Crippen LogP contribution >= 0.6 is 0 Å². The first kappa shape index (κ1) is 33.0. The van der Waals surface area contributed by atoms with Gasteiger partial charge in [-0.2, -0.15) is 18.4 Å². The number of nitrogens with zero attached hydrogens (tertiary/aromatic N) is 5. The molecule has 0 amide bonds. The van der Waals surface area contributed by atoms with E-state index in [2.05, 4.69) is 26.5 Å². The van der Waals surface area contributed by atoms with Gasteiger partial charge in [-0.25, -0.2) is 19.3 Å². The van der Waals surface area contributed by atoms with E-state index in [0.29, 0.717) is 30.0 Å². The molecule has 15 heteroatoms. The number of halogens is 3. The molecular formula is C30H32F3N7O5. The molecule has 2 aliphatic rings. The number of ether oxygens (including phenoxy) is 1. The van der Waals surface area contributed by atoms with E-state index in [1.165, 1.54) is 28.7 Å². The lowest BCUT2D eigenvalue weighted by Crippen LogP contribution is -2.50. The summed E-state index contributed by atoms with van der Waals surface area (Å²) < 4.78 is 47.1. The van der Waals surface area contributed by atoms with Gasteiger partial charge in [-0.15, -0.1) is 5.10 Å². The Hall–Kier alpha value is -4.94. The van der Waals surface area contributed by atoms with Gasteiger partial charge in [-0.05, 0) is 67.8 Å². The summed E-state index contributed by atoms with van der Waals surface area (Å²) in [7, 11) is 3.12. The lowest BCUT2D eigenvalue weighted by molar-refractivity contribution is -0.138. The minimum Gasteiger partial charge on any atom is -0.483 e. The second kappa shape index (κ2) is 13.8. The van der Waals surface area contributed by atoms with Gasteiger partial charge < -0.3 is 20.1 Å². The molecule has 1 saturated heterocycles. The number of allylic oxidation sites excluding steroid dienone is 1. The zero-order valence-electron chi connectivity index (χ0n) is 24.8. The van der Waals surface area contributed by atoms with Crippen molar-refractivity contribution < 1.29 is 32.6 Å². The van der Waals surface area contributed by atoms with Crippen LogP contribution in [0.1, 0.15) is 35.2 Å². The standard InChI is InChI=1S/C29H30F3N7O3.CH2O2/c1-17-24(26(40)42-3)25(23-8-7-18(13-33)11-20(23)9-10-37-15-19(16-37)14-34-2)39-27(35-36-28(39)41)38(17)22-6-4-5-21(12-22)29(30,31)32;2-1-3/h4-8,11-12,19,25,34H,9-10,14-16H2,1-3H3,(H,36,41);1H,(H,2,3). The summed E-state index contributed by atoms with van der Waals surface area (Å²) in [6, 6.07) is 10.8. The molecule has 1 aromatic heterocycles. The number of benzene rings is 2. The summed E-state index contributed by atoms with van der Waals surface area (Å²) in [6.07, 6.45) is -4.07. The molecule has 0 radical (unpaired) electrons. The van der Waals surface area contributed by atoms with Crippen LogP contribution in [0.25, 0.3) is 0 Å². The average molecular weight is 628 g/mol. The molecule has 3 N–H and O–H groups in total. The number of H-pyrrole nitrogens is 1. The van der Waals surface area contributed by atoms with Crippen LogP contribution in [0.5, 0.6) is 0 Å². The molecule has 0 spiro atoms. The number of carbonyl (C=O) groups is 2. The van der Waals surface area contributed by atoms with Crippen molar-refractivity contribution in [3.05, 3.63) is 86.5 Å². The molecule has 2 aliphatic heterocycles. The van der Waals surface area contributed by atoms with Crippen molar-refractivity contribution in [2.75, 3.05) is 45.2 Å². The zero-order valence-corrected chi connectivity index (χ0v) is 24.8. The smallest absolute Gasteiger partial charge is 0.416 e. The molecule has 1 fully saturated rings. The van der Waals surface area contributed by atoms with Crippen molar-refractivity contribution in [3.8, 4) is 6.07 Å². The third kappa shape index (κ3) is 6.76. The molecule has 3 aromatic rings. The molecule has 45 heavy (non-hydrogen) atoms. The van der Waals surface area contributed by atoms with Gasteiger partial charge in [0.25, 0.3) is 6.47 Å². The van der Waals surface area contributed by atoms with E-state index >= 15 is 0 Å². The molecule has 1 unspecified atom stereocenters. The zero-order chi connectivity index (χ0) is 32.9. The first-order valence-corrected chi connectivity index (χ1v) is 13.9. The third-order valence-corrected chi connectivity index (χ3v) is 7.77. The Bertz CT molecular complexity index is 1690. The number of alkyl halides is 3. The molecule has 3 heterocycles. The van der Waals surface area contributed by atoms with Gasteiger partial charge in [0.05, 0.1) is 29.9 Å². The number of methoxy groups -OCH3 is 1. The number of rotatable bonds is 8. The van der Waals surface area contributed by atoms with Crippen LogP contribution in [0.3, 0.4) is 0 Å². The highest BCUT2D eigenvalue weighted by Gasteiger charge is 2.41. The molecule has 0 saturated carbocycles. The Morgan fingerprint density at radius 3 is 2.60 bits per heavy atom. The number of aromatic nitrogens is 3. The summed E-state index contributed by atoms with van der Waals surface area (Å²) in [5.74, 6) is -0.174. The van der Waals surface area contributed by atoms with Gasteiger partial charge in [0, 0.05) is 37.6 Å². The largest absolute Gasteiger partial charge is 0.483 e. The lowest BCUT2D eigenvalue weighted by Gasteiger charge is -2.39. The van der Waals surface area contributed by atoms with Crippen LogP contribution in [0.4, 0.5) is 24.8 Å². The number of carboxylic acid groups (broad SMARTS) is 1. The Balaban J connectivity index is 0.00000148. The molecule has 0 aliphatic carbocycles. The summed E-state index contributed by atoms with van der Waals surface area (Å²) >= 11 is 0. The Kier molecular flexibility index (Phi) is 10.1. The monoisotopic (exact) mass is 627 g/mol. The van der Waals surface area contributed by atoms with E-state index in [9.17, 15) is 28.0 Å². The summed E-state index contributed by atoms with van der Waals surface area (Å²) in [5, 5.41) is 26.2. The van der Waals surface area contributed by atoms with Crippen molar-refractivity contribution in [2.45, 2.75) is 25.6 Å². The van der Waals surface area contributed by atoms with Crippen LogP contribution in [0, 0.1) is 17.2 Å². The molecule has 0 bridgehead atoms. The molecule has 1 atom stereocenters. The number of anilines is 2. The van der Waals surface area contributed by atoms with Gasteiger partial charge in [-0.1, -0.05) is 12.1 Å². The van der Waals surface area contributed by atoms with E-state index in [0.717, 1.165) is 37.3 Å². The summed E-state index contributed by atoms with van der Waals surface area (Å²) in [5.41, 5.74) is 0.611. The van der Waals surface area contributed by atoms with Crippen molar-refractivity contribution in [1.82, 2.24) is 25.0 Å². The van der Waals surface area contributed by atoms with Gasteiger partial charge in [0.15, 0.2) is 0 Å². The van der Waals surface area contributed by atoms with Gasteiger partial charge in [0.2, 0.25) is 5.95 Å². The number of hydrogen-bond donors (Lipinski definition) is 3. The Morgan fingerprint density at radius 2 is 1.98 bits per heavy atom. The number of esters is 1. The average Bonchev–Trinajstić information content (AvgIpc) is 3.37. The van der Waals surface area contributed by atoms with Crippen LogP contribution < -0.4 is 15.9 Å². The second-order valence-corrected chi connectivity index (χ2v) is 10.5. The minimum atomic E-state index is -4.61. The summed E-state index contributed by atoms with van der Waals surface area (Å²) in [4.78, 5) is 38.6. The van der Waals surface area contributed by atoms with E-state index < -0.39 is 29.4 Å². The highest BCUT2D eigenvalue weighted by molar-refractivity contribution is 5.93. The second-order valence-electron chi connectivity index (χ2n) is 10.5. The van der Waals surface area contributed by atoms with Crippen LogP contribution in [-0.2, 0) is 26.9 Å². The number of nitriles is 1. The van der Waals surface area contributed by atoms with E-state index in [1.54, 1.807) is 25.1 Å². The first-order chi connectivity index (χ1) is 21.5. The number of carbonyl (C=O) groups excluding carboxylic acids is 1. The molecule has 2 aromatic carbocycles. The highest BCUT2D eigenvalue weighted by atomic mass is 19.4.